The molecule has 0 amide bonds. The molecule has 0 unspecified atom stereocenters. The zero-order valence-electron chi connectivity index (χ0n) is 7.79. The Bertz CT molecular complexity index is 274. The average molecular weight is 175 g/mol. The minimum absolute atomic E-state index is 0.356. The molecule has 1 saturated carbocycles. The third-order valence-electron chi connectivity index (χ3n) is 2.91. The van der Waals surface area contributed by atoms with E-state index in [4.69, 9.17) is 0 Å². The van der Waals surface area contributed by atoms with Gasteiger partial charge >= 0.3 is 0 Å². The van der Waals surface area contributed by atoms with Gasteiger partial charge < -0.3 is 5.11 Å². The highest BCUT2D eigenvalue weighted by Gasteiger charge is 2.17. The van der Waals surface area contributed by atoms with Gasteiger partial charge in [-0.3, -0.25) is 0 Å². The highest BCUT2D eigenvalue weighted by molar-refractivity contribution is 5.33. The van der Waals surface area contributed by atoms with Crippen molar-refractivity contribution in [3.63, 3.8) is 0 Å². The Labute approximate surface area is 79.4 Å². The molecule has 0 spiro atoms. The van der Waals surface area contributed by atoms with Gasteiger partial charge in [0.05, 0.1) is 0 Å². The maximum absolute atomic E-state index is 9.61. The fourth-order valence-corrected chi connectivity index (χ4v) is 2.18. The number of phenols is 1. The van der Waals surface area contributed by atoms with Gasteiger partial charge in [0.1, 0.15) is 5.75 Å². The Morgan fingerprint density at radius 1 is 1.23 bits per heavy atom. The Hall–Kier alpha value is -0.980. The van der Waals surface area contributed by atoms with Gasteiger partial charge in [-0.05, 0) is 24.3 Å². The van der Waals surface area contributed by atoms with Gasteiger partial charge in [-0.2, -0.15) is 0 Å². The van der Waals surface area contributed by atoms with E-state index in [-0.39, 0.29) is 0 Å². The number of hydrogen-bond acceptors (Lipinski definition) is 1. The average Bonchev–Trinajstić information content (AvgIpc) is 2.20. The Morgan fingerprint density at radius 2 is 2.00 bits per heavy atom. The Balaban J connectivity index is 2.18. The van der Waals surface area contributed by atoms with Gasteiger partial charge in [-0.15, -0.1) is 0 Å². The molecular formula is C12H15O. The molecule has 69 valence electrons. The Morgan fingerprint density at radius 3 is 2.69 bits per heavy atom. The maximum atomic E-state index is 9.61. The minimum Gasteiger partial charge on any atom is -0.507 e. The fourth-order valence-electron chi connectivity index (χ4n) is 2.18. The molecule has 1 aliphatic carbocycles. The molecular weight excluding hydrogens is 160 g/mol. The van der Waals surface area contributed by atoms with Crippen LogP contribution < -0.4 is 0 Å². The summed E-state index contributed by atoms with van der Waals surface area (Å²) < 4.78 is 0. The van der Waals surface area contributed by atoms with Crippen LogP contribution in [0.1, 0.15) is 43.6 Å². The van der Waals surface area contributed by atoms with Gasteiger partial charge in [0.25, 0.3) is 0 Å². The highest BCUT2D eigenvalue weighted by Crippen LogP contribution is 2.36. The predicted octanol–water partition coefficient (Wildman–Crippen LogP) is 3.24. The van der Waals surface area contributed by atoms with E-state index in [0.717, 1.165) is 5.56 Å². The van der Waals surface area contributed by atoms with Crippen molar-refractivity contribution in [3.8, 4) is 5.75 Å². The van der Waals surface area contributed by atoms with Gasteiger partial charge in [-0.25, -0.2) is 0 Å². The minimum atomic E-state index is 0.356. The van der Waals surface area contributed by atoms with E-state index < -0.39 is 0 Å². The summed E-state index contributed by atoms with van der Waals surface area (Å²) in [6.07, 6.45) is 6.42. The zero-order valence-corrected chi connectivity index (χ0v) is 7.79. The second kappa shape index (κ2) is 3.82. The third-order valence-corrected chi connectivity index (χ3v) is 2.91. The molecule has 1 N–H and O–H groups in total. The normalized spacial score (nSPS) is 18.8. The van der Waals surface area contributed by atoms with Crippen LogP contribution in [0.5, 0.6) is 5.75 Å². The van der Waals surface area contributed by atoms with Crippen LogP contribution in [0.3, 0.4) is 0 Å². The number of phenolic OH excluding ortho intramolecular Hbond substituents is 1. The lowest BCUT2D eigenvalue weighted by atomic mass is 9.84. The van der Waals surface area contributed by atoms with Crippen molar-refractivity contribution in [2.24, 2.45) is 0 Å². The molecule has 1 heteroatoms. The number of rotatable bonds is 1. The van der Waals surface area contributed by atoms with Gasteiger partial charge in [-0.1, -0.05) is 37.5 Å². The molecule has 13 heavy (non-hydrogen) atoms. The van der Waals surface area contributed by atoms with Crippen LogP contribution in [0.25, 0.3) is 0 Å². The van der Waals surface area contributed by atoms with Crippen molar-refractivity contribution in [2.75, 3.05) is 0 Å². The van der Waals surface area contributed by atoms with Crippen molar-refractivity contribution in [2.45, 2.75) is 38.0 Å². The van der Waals surface area contributed by atoms with E-state index in [2.05, 4.69) is 6.07 Å². The molecule has 0 atom stereocenters. The van der Waals surface area contributed by atoms with Crippen LogP contribution in [0.4, 0.5) is 0 Å². The van der Waals surface area contributed by atoms with E-state index in [1.807, 2.05) is 12.1 Å². The molecule has 0 aliphatic heterocycles. The van der Waals surface area contributed by atoms with Crippen molar-refractivity contribution in [3.05, 3.63) is 29.8 Å². The molecule has 0 bridgehead atoms. The number of para-hydroxylation sites is 1. The van der Waals surface area contributed by atoms with Crippen molar-refractivity contribution < 1.29 is 5.11 Å². The summed E-state index contributed by atoms with van der Waals surface area (Å²) in [7, 11) is 0. The van der Waals surface area contributed by atoms with E-state index >= 15 is 0 Å². The largest absolute Gasteiger partial charge is 0.507 e. The second-order valence-electron chi connectivity index (χ2n) is 3.81. The summed E-state index contributed by atoms with van der Waals surface area (Å²) in [6.45, 7) is 0. The van der Waals surface area contributed by atoms with Crippen LogP contribution in [0, 0.1) is 6.07 Å². The molecule has 0 saturated heterocycles. The van der Waals surface area contributed by atoms with Crippen LogP contribution in [-0.2, 0) is 0 Å². The quantitative estimate of drug-likeness (QED) is 0.694. The van der Waals surface area contributed by atoms with Gasteiger partial charge in [0.15, 0.2) is 0 Å². The molecule has 1 fully saturated rings. The van der Waals surface area contributed by atoms with Gasteiger partial charge in [0, 0.05) is 6.07 Å². The summed E-state index contributed by atoms with van der Waals surface area (Å²) in [5.41, 5.74) is 1.10. The zero-order chi connectivity index (χ0) is 9.10. The van der Waals surface area contributed by atoms with Crippen LogP contribution in [0.2, 0.25) is 0 Å². The second-order valence-corrected chi connectivity index (χ2v) is 3.81. The molecule has 1 aromatic carbocycles. The first-order chi connectivity index (χ1) is 6.38. The number of aromatic hydroxyl groups is 1. The molecule has 2 rings (SSSR count). The van der Waals surface area contributed by atoms with Crippen molar-refractivity contribution in [1.82, 2.24) is 0 Å². The number of benzene rings is 1. The first-order valence-electron chi connectivity index (χ1n) is 5.07. The molecule has 0 aromatic heterocycles. The monoisotopic (exact) mass is 175 g/mol. The first-order valence-corrected chi connectivity index (χ1v) is 5.07. The molecule has 1 radical (unpaired) electrons. The first kappa shape index (κ1) is 8.61. The third kappa shape index (κ3) is 1.85. The van der Waals surface area contributed by atoms with Crippen LogP contribution in [-0.4, -0.2) is 5.11 Å². The highest BCUT2D eigenvalue weighted by atomic mass is 16.3. The molecule has 0 heterocycles. The standard InChI is InChI=1S/C12H15O/c13-12-9-5-4-8-11(12)10-6-2-1-3-7-10/h4-5,8,10,13H,1-3,6-7H2. The van der Waals surface area contributed by atoms with E-state index in [1.165, 1.54) is 32.1 Å². The summed E-state index contributed by atoms with van der Waals surface area (Å²) >= 11 is 0. The van der Waals surface area contributed by atoms with E-state index in [0.29, 0.717) is 11.7 Å². The van der Waals surface area contributed by atoms with Crippen LogP contribution in [0.15, 0.2) is 18.2 Å². The van der Waals surface area contributed by atoms with Crippen molar-refractivity contribution >= 4 is 0 Å². The topological polar surface area (TPSA) is 20.2 Å². The molecule has 1 nitrogen and oxygen atoms in total. The van der Waals surface area contributed by atoms with Crippen molar-refractivity contribution in [1.29, 1.82) is 0 Å². The van der Waals surface area contributed by atoms with E-state index in [9.17, 15) is 5.11 Å². The van der Waals surface area contributed by atoms with E-state index in [1.54, 1.807) is 6.07 Å². The lowest BCUT2D eigenvalue weighted by Crippen LogP contribution is -2.04. The lowest BCUT2D eigenvalue weighted by Gasteiger charge is -2.22. The van der Waals surface area contributed by atoms with Crippen LogP contribution >= 0.6 is 0 Å². The smallest absolute Gasteiger partial charge is 0.127 e. The molecule has 1 aromatic rings. The molecule has 1 aliphatic rings. The summed E-state index contributed by atoms with van der Waals surface area (Å²) in [4.78, 5) is 0. The fraction of sp³-hybridized carbons (Fsp3) is 0.500. The Kier molecular flexibility index (Phi) is 2.53. The summed E-state index contributed by atoms with van der Waals surface area (Å²) in [5, 5.41) is 9.61. The SMILES string of the molecule is Oc1[c]cccc1C1CCCCC1. The summed E-state index contributed by atoms with van der Waals surface area (Å²) in [5.74, 6) is 0.931. The maximum Gasteiger partial charge on any atom is 0.127 e. The number of hydrogen-bond donors (Lipinski definition) is 1. The lowest BCUT2D eigenvalue weighted by molar-refractivity contribution is 0.414. The summed E-state index contributed by atoms with van der Waals surface area (Å²) in [6, 6.07) is 8.61. The van der Waals surface area contributed by atoms with Gasteiger partial charge in [0.2, 0.25) is 0 Å². The predicted molar refractivity (Wildman–Crippen MR) is 52.8 cm³/mol.